The summed E-state index contributed by atoms with van der Waals surface area (Å²) in [4.78, 5) is 16.2. The lowest BCUT2D eigenvalue weighted by Crippen LogP contribution is -2.11. The maximum Gasteiger partial charge on any atom is 0.248 e. The second kappa shape index (κ2) is 6.23. The van der Waals surface area contributed by atoms with E-state index in [1.54, 1.807) is 24.0 Å². The van der Waals surface area contributed by atoms with Gasteiger partial charge in [0.05, 0.1) is 4.90 Å². The van der Waals surface area contributed by atoms with Crippen molar-refractivity contribution in [1.82, 2.24) is 4.98 Å². The van der Waals surface area contributed by atoms with Crippen LogP contribution in [-0.4, -0.2) is 23.2 Å². The SMILES string of the molecule is NC(=O)c1ccc(Oc2ccnc3c2SCCCN3)c(F)c1. The van der Waals surface area contributed by atoms with Crippen LogP contribution in [0.2, 0.25) is 0 Å². The van der Waals surface area contributed by atoms with E-state index in [0.29, 0.717) is 5.75 Å². The number of halogens is 1. The molecular weight excluding hydrogens is 305 g/mol. The lowest BCUT2D eigenvalue weighted by molar-refractivity contribution is 0.1000. The largest absolute Gasteiger partial charge is 0.453 e. The van der Waals surface area contributed by atoms with Crippen molar-refractivity contribution in [2.45, 2.75) is 11.3 Å². The molecule has 1 aromatic heterocycles. The number of amides is 1. The van der Waals surface area contributed by atoms with Crippen molar-refractivity contribution in [2.24, 2.45) is 5.73 Å². The van der Waals surface area contributed by atoms with Crippen molar-refractivity contribution in [2.75, 3.05) is 17.6 Å². The third-order valence-corrected chi connectivity index (χ3v) is 4.34. The normalized spacial score (nSPS) is 13.7. The smallest absolute Gasteiger partial charge is 0.248 e. The molecule has 3 rings (SSSR count). The number of ether oxygens (including phenoxy) is 1. The van der Waals surface area contributed by atoms with Gasteiger partial charge in [-0.3, -0.25) is 4.79 Å². The summed E-state index contributed by atoms with van der Waals surface area (Å²) in [5, 5.41) is 3.22. The van der Waals surface area contributed by atoms with E-state index in [-0.39, 0.29) is 11.3 Å². The lowest BCUT2D eigenvalue weighted by Gasteiger charge is -2.13. The topological polar surface area (TPSA) is 77.2 Å². The molecule has 22 heavy (non-hydrogen) atoms. The maximum absolute atomic E-state index is 14.0. The quantitative estimate of drug-likeness (QED) is 0.909. The van der Waals surface area contributed by atoms with Crippen LogP contribution in [0.25, 0.3) is 0 Å². The second-order valence-electron chi connectivity index (χ2n) is 4.73. The molecule has 0 saturated carbocycles. The number of pyridine rings is 1. The predicted octanol–water partition coefficient (Wildman–Crippen LogP) is 3.02. The van der Waals surface area contributed by atoms with E-state index in [0.717, 1.165) is 35.5 Å². The monoisotopic (exact) mass is 319 g/mol. The van der Waals surface area contributed by atoms with Crippen molar-refractivity contribution in [3.8, 4) is 11.5 Å². The van der Waals surface area contributed by atoms with E-state index < -0.39 is 11.7 Å². The minimum Gasteiger partial charge on any atom is -0.453 e. The van der Waals surface area contributed by atoms with Crippen molar-refractivity contribution < 1.29 is 13.9 Å². The highest BCUT2D eigenvalue weighted by molar-refractivity contribution is 7.99. The number of carbonyl (C=O) groups excluding carboxylic acids is 1. The molecule has 114 valence electrons. The van der Waals surface area contributed by atoms with Crippen molar-refractivity contribution in [3.63, 3.8) is 0 Å². The van der Waals surface area contributed by atoms with Crippen LogP contribution in [0, 0.1) is 5.82 Å². The molecule has 0 unspecified atom stereocenters. The van der Waals surface area contributed by atoms with Gasteiger partial charge in [-0.1, -0.05) is 0 Å². The van der Waals surface area contributed by atoms with Gasteiger partial charge in [-0.2, -0.15) is 0 Å². The van der Waals surface area contributed by atoms with Gasteiger partial charge in [0.15, 0.2) is 11.6 Å². The first-order chi connectivity index (χ1) is 10.6. The second-order valence-corrected chi connectivity index (χ2v) is 5.83. The van der Waals surface area contributed by atoms with E-state index >= 15 is 0 Å². The molecular formula is C15H14FN3O2S. The summed E-state index contributed by atoms with van der Waals surface area (Å²) in [7, 11) is 0. The number of carbonyl (C=O) groups is 1. The molecule has 0 fully saturated rings. The van der Waals surface area contributed by atoms with Crippen LogP contribution in [-0.2, 0) is 0 Å². The fraction of sp³-hybridized carbons (Fsp3) is 0.200. The van der Waals surface area contributed by atoms with Crippen LogP contribution in [0.1, 0.15) is 16.8 Å². The number of benzene rings is 1. The first kappa shape index (κ1) is 14.6. The first-order valence-electron chi connectivity index (χ1n) is 6.78. The molecule has 3 N–H and O–H groups in total. The Morgan fingerprint density at radius 2 is 2.23 bits per heavy atom. The number of nitrogens with one attached hydrogen (secondary N) is 1. The zero-order chi connectivity index (χ0) is 15.5. The Morgan fingerprint density at radius 1 is 1.36 bits per heavy atom. The summed E-state index contributed by atoms with van der Waals surface area (Å²) in [6.07, 6.45) is 2.63. The highest BCUT2D eigenvalue weighted by atomic mass is 32.2. The zero-order valence-corrected chi connectivity index (χ0v) is 12.5. The van der Waals surface area contributed by atoms with Crippen LogP contribution in [0.3, 0.4) is 0 Å². The summed E-state index contributed by atoms with van der Waals surface area (Å²) >= 11 is 1.62. The number of nitrogens with two attached hydrogens (primary N) is 1. The number of rotatable bonds is 3. The number of hydrogen-bond donors (Lipinski definition) is 2. The summed E-state index contributed by atoms with van der Waals surface area (Å²) < 4.78 is 19.7. The van der Waals surface area contributed by atoms with Gasteiger partial charge >= 0.3 is 0 Å². The Hall–Kier alpha value is -2.28. The fourth-order valence-electron chi connectivity index (χ4n) is 2.08. The van der Waals surface area contributed by atoms with Crippen molar-refractivity contribution in [1.29, 1.82) is 0 Å². The number of aromatic nitrogens is 1. The van der Waals surface area contributed by atoms with Crippen LogP contribution in [0.4, 0.5) is 10.2 Å². The van der Waals surface area contributed by atoms with Gasteiger partial charge < -0.3 is 15.8 Å². The highest BCUT2D eigenvalue weighted by Gasteiger charge is 2.17. The van der Waals surface area contributed by atoms with Gasteiger partial charge in [0, 0.05) is 24.4 Å². The number of thioether (sulfide) groups is 1. The lowest BCUT2D eigenvalue weighted by atomic mass is 10.2. The van der Waals surface area contributed by atoms with E-state index in [9.17, 15) is 9.18 Å². The number of primary amides is 1. The molecule has 1 aromatic carbocycles. The molecule has 0 bridgehead atoms. The minimum atomic E-state index is -0.678. The first-order valence-corrected chi connectivity index (χ1v) is 7.76. The zero-order valence-electron chi connectivity index (χ0n) is 11.6. The summed E-state index contributed by atoms with van der Waals surface area (Å²) in [5.74, 6) is 0.953. The molecule has 1 amide bonds. The third-order valence-electron chi connectivity index (χ3n) is 3.16. The van der Waals surface area contributed by atoms with E-state index in [4.69, 9.17) is 10.5 Å². The third kappa shape index (κ3) is 2.99. The van der Waals surface area contributed by atoms with Gasteiger partial charge in [-0.25, -0.2) is 9.37 Å². The van der Waals surface area contributed by atoms with Crippen LogP contribution in [0.15, 0.2) is 35.4 Å². The number of hydrogen-bond acceptors (Lipinski definition) is 5. The van der Waals surface area contributed by atoms with E-state index in [2.05, 4.69) is 10.3 Å². The molecule has 0 spiro atoms. The van der Waals surface area contributed by atoms with E-state index in [1.165, 1.54) is 12.1 Å². The van der Waals surface area contributed by atoms with E-state index in [1.807, 2.05) is 0 Å². The number of anilines is 1. The highest BCUT2D eigenvalue weighted by Crippen LogP contribution is 2.39. The molecule has 0 aliphatic carbocycles. The Balaban J connectivity index is 1.92. The summed E-state index contributed by atoms with van der Waals surface area (Å²) in [6, 6.07) is 5.60. The minimum absolute atomic E-state index is 0.0447. The summed E-state index contributed by atoms with van der Waals surface area (Å²) in [6.45, 7) is 0.845. The Labute approximate surface area is 131 Å². The van der Waals surface area contributed by atoms with Gasteiger partial charge in [0.2, 0.25) is 5.91 Å². The molecule has 0 radical (unpaired) electrons. The molecule has 1 aliphatic heterocycles. The Bertz CT molecular complexity index is 724. The maximum atomic E-state index is 14.0. The van der Waals surface area contributed by atoms with Crippen LogP contribution >= 0.6 is 11.8 Å². The van der Waals surface area contributed by atoms with Gasteiger partial charge in [-0.15, -0.1) is 11.8 Å². The Kier molecular flexibility index (Phi) is 4.15. The molecule has 2 aromatic rings. The van der Waals surface area contributed by atoms with Crippen molar-refractivity contribution >= 4 is 23.5 Å². The molecule has 0 atom stereocenters. The molecule has 0 saturated heterocycles. The van der Waals surface area contributed by atoms with Gasteiger partial charge in [0.25, 0.3) is 0 Å². The average molecular weight is 319 g/mol. The number of nitrogens with zero attached hydrogens (tertiary/aromatic N) is 1. The number of fused-ring (bicyclic) bond motifs is 1. The molecule has 5 nitrogen and oxygen atoms in total. The Morgan fingerprint density at radius 3 is 3.00 bits per heavy atom. The summed E-state index contributed by atoms with van der Waals surface area (Å²) in [5.41, 5.74) is 5.23. The fourth-order valence-corrected chi connectivity index (χ4v) is 3.09. The van der Waals surface area contributed by atoms with Crippen LogP contribution < -0.4 is 15.8 Å². The van der Waals surface area contributed by atoms with Gasteiger partial charge in [-0.05, 0) is 30.4 Å². The molecule has 7 heteroatoms. The average Bonchev–Trinajstić information content (AvgIpc) is 2.75. The molecule has 1 aliphatic rings. The molecule has 2 heterocycles. The van der Waals surface area contributed by atoms with Crippen LogP contribution in [0.5, 0.6) is 11.5 Å². The standard InChI is InChI=1S/C15H14FN3O2S/c16-10-8-9(14(17)20)2-3-11(10)21-12-4-6-19-15-13(12)22-7-1-5-18-15/h2-4,6,8H,1,5,7H2,(H2,17,20)(H,18,19). The van der Waals surface area contributed by atoms with Gasteiger partial charge in [0.1, 0.15) is 11.6 Å². The van der Waals surface area contributed by atoms with Crippen molar-refractivity contribution in [3.05, 3.63) is 41.8 Å². The predicted molar refractivity (Wildman–Crippen MR) is 83.1 cm³/mol.